The third-order valence-corrected chi connectivity index (χ3v) is 6.02. The molecule has 38 heavy (non-hydrogen) atoms. The maximum atomic E-state index is 15.5. The van der Waals surface area contributed by atoms with Gasteiger partial charge in [-0.1, -0.05) is 42.5 Å². The molecule has 12 heteroatoms. The van der Waals surface area contributed by atoms with Crippen LogP contribution in [-0.2, 0) is 5.67 Å². The summed E-state index contributed by atoms with van der Waals surface area (Å²) in [5.41, 5.74) is -3.28. The summed E-state index contributed by atoms with van der Waals surface area (Å²) in [5.74, 6) is -2.89. The molecule has 0 aliphatic carbocycles. The van der Waals surface area contributed by atoms with Crippen LogP contribution in [0.1, 0.15) is 37.4 Å². The second-order valence-corrected chi connectivity index (χ2v) is 8.55. The number of aryl methyl sites for hydroxylation is 2. The summed E-state index contributed by atoms with van der Waals surface area (Å²) < 4.78 is 109. The molecular formula is C26H20F8N2O2. The maximum Gasteiger partial charge on any atom is 0.435 e. The van der Waals surface area contributed by atoms with Crippen LogP contribution in [-0.4, -0.2) is 31.2 Å². The molecule has 3 aromatic rings. The van der Waals surface area contributed by atoms with Crippen molar-refractivity contribution in [2.24, 2.45) is 5.73 Å². The van der Waals surface area contributed by atoms with Crippen molar-refractivity contribution in [2.75, 3.05) is 11.9 Å². The van der Waals surface area contributed by atoms with Crippen LogP contribution in [0.4, 0.5) is 40.8 Å². The Bertz CT molecular complexity index is 1380. The monoisotopic (exact) mass is 544 g/mol. The number of nitrogens with zero attached hydrogens (tertiary/aromatic N) is 1. The number of amides is 2. The molecule has 0 aliphatic rings. The molecule has 0 radical (unpaired) electrons. The highest BCUT2D eigenvalue weighted by molar-refractivity contribution is 6.08. The lowest BCUT2D eigenvalue weighted by Crippen LogP contribution is -2.50. The average Bonchev–Trinajstić information content (AvgIpc) is 2.81. The lowest BCUT2D eigenvalue weighted by Gasteiger charge is -2.32. The minimum Gasteiger partial charge on any atom is -0.366 e. The van der Waals surface area contributed by atoms with Crippen molar-refractivity contribution in [2.45, 2.75) is 31.9 Å². The van der Waals surface area contributed by atoms with Crippen LogP contribution in [0.15, 0.2) is 54.6 Å². The number of rotatable bonds is 5. The molecule has 0 saturated heterocycles. The Kier molecular flexibility index (Phi) is 7.33. The summed E-state index contributed by atoms with van der Waals surface area (Å²) in [5, 5.41) is 0. The van der Waals surface area contributed by atoms with Crippen LogP contribution in [0.3, 0.4) is 0 Å². The summed E-state index contributed by atoms with van der Waals surface area (Å²) >= 11 is 0. The first-order valence-electron chi connectivity index (χ1n) is 10.8. The van der Waals surface area contributed by atoms with E-state index in [4.69, 9.17) is 5.73 Å². The third kappa shape index (κ3) is 4.70. The molecule has 2 N–H and O–H groups in total. The van der Waals surface area contributed by atoms with E-state index in [2.05, 4.69) is 0 Å². The van der Waals surface area contributed by atoms with Gasteiger partial charge in [0.2, 0.25) is 5.91 Å². The van der Waals surface area contributed by atoms with Gasteiger partial charge >= 0.3 is 18.0 Å². The molecule has 0 fully saturated rings. The van der Waals surface area contributed by atoms with Gasteiger partial charge in [0.25, 0.3) is 5.91 Å². The number of hydrogen-bond donors (Lipinski definition) is 1. The van der Waals surface area contributed by atoms with E-state index in [1.807, 2.05) is 0 Å². The van der Waals surface area contributed by atoms with Crippen molar-refractivity contribution in [1.82, 2.24) is 0 Å². The number of nitrogens with two attached hydrogens (primary N) is 1. The molecule has 0 heterocycles. The summed E-state index contributed by atoms with van der Waals surface area (Å²) in [6.07, 6.45) is -12.6. The Morgan fingerprint density at radius 1 is 0.763 bits per heavy atom. The van der Waals surface area contributed by atoms with Crippen molar-refractivity contribution in [1.29, 1.82) is 0 Å². The van der Waals surface area contributed by atoms with Gasteiger partial charge in [-0.3, -0.25) is 9.59 Å². The number of alkyl halides is 7. The van der Waals surface area contributed by atoms with Crippen molar-refractivity contribution < 1.29 is 44.7 Å². The second kappa shape index (κ2) is 9.73. The SMILES string of the molecule is Cc1cc(C(F)(C(F)(F)F)C(F)(F)F)cc(C)c1N(C)C(=O)c1cccc(-c2ccccc2C(N)=O)c1F. The molecular weight excluding hydrogens is 524 g/mol. The van der Waals surface area contributed by atoms with Gasteiger partial charge in [-0.25, -0.2) is 8.78 Å². The molecule has 3 aromatic carbocycles. The van der Waals surface area contributed by atoms with Gasteiger partial charge in [-0.15, -0.1) is 0 Å². The minimum atomic E-state index is -6.31. The molecule has 0 aromatic heterocycles. The molecule has 202 valence electrons. The van der Waals surface area contributed by atoms with E-state index in [0.717, 1.165) is 31.9 Å². The topological polar surface area (TPSA) is 63.4 Å². The summed E-state index contributed by atoms with van der Waals surface area (Å²) in [6.45, 7) is 2.19. The third-order valence-electron chi connectivity index (χ3n) is 6.02. The molecule has 0 unspecified atom stereocenters. The van der Waals surface area contributed by atoms with E-state index in [1.165, 1.54) is 36.4 Å². The summed E-state index contributed by atoms with van der Waals surface area (Å²) in [7, 11) is 1.14. The summed E-state index contributed by atoms with van der Waals surface area (Å²) in [4.78, 5) is 25.8. The number of carbonyl (C=O) groups is 2. The smallest absolute Gasteiger partial charge is 0.366 e. The lowest BCUT2D eigenvalue weighted by molar-refractivity contribution is -0.348. The van der Waals surface area contributed by atoms with Gasteiger partial charge in [-0.05, 0) is 42.7 Å². The van der Waals surface area contributed by atoms with Gasteiger partial charge in [0.1, 0.15) is 5.82 Å². The number of carbonyl (C=O) groups excluding carboxylic acids is 2. The van der Waals surface area contributed by atoms with Crippen LogP contribution in [0.2, 0.25) is 0 Å². The zero-order valence-electron chi connectivity index (χ0n) is 20.1. The van der Waals surface area contributed by atoms with E-state index in [-0.39, 0.29) is 33.5 Å². The number of anilines is 1. The van der Waals surface area contributed by atoms with Crippen molar-refractivity contribution in [3.8, 4) is 11.1 Å². The molecule has 0 atom stereocenters. The highest BCUT2D eigenvalue weighted by Gasteiger charge is 2.73. The van der Waals surface area contributed by atoms with Gasteiger partial charge in [-0.2, -0.15) is 26.3 Å². The fourth-order valence-corrected chi connectivity index (χ4v) is 4.29. The Morgan fingerprint density at radius 3 is 1.74 bits per heavy atom. The van der Waals surface area contributed by atoms with Gasteiger partial charge in [0.05, 0.1) is 5.56 Å². The fraction of sp³-hybridized carbons (Fsp3) is 0.231. The highest BCUT2D eigenvalue weighted by atomic mass is 19.4. The van der Waals surface area contributed by atoms with Crippen LogP contribution in [0.5, 0.6) is 0 Å². The molecule has 3 rings (SSSR count). The molecule has 0 spiro atoms. The van der Waals surface area contributed by atoms with E-state index in [9.17, 15) is 40.3 Å². The van der Waals surface area contributed by atoms with Crippen molar-refractivity contribution in [3.63, 3.8) is 0 Å². The first kappa shape index (κ1) is 28.6. The van der Waals surface area contributed by atoms with E-state index < -0.39 is 46.8 Å². The zero-order valence-corrected chi connectivity index (χ0v) is 20.1. The van der Waals surface area contributed by atoms with Crippen LogP contribution < -0.4 is 10.6 Å². The van der Waals surface area contributed by atoms with Crippen LogP contribution in [0.25, 0.3) is 11.1 Å². The number of primary amides is 1. The normalized spacial score (nSPS) is 12.4. The van der Waals surface area contributed by atoms with Gasteiger partial charge in [0, 0.05) is 29.4 Å². The van der Waals surface area contributed by atoms with E-state index in [1.54, 1.807) is 0 Å². The van der Waals surface area contributed by atoms with Crippen molar-refractivity contribution in [3.05, 3.63) is 88.2 Å². The maximum absolute atomic E-state index is 15.5. The fourth-order valence-electron chi connectivity index (χ4n) is 4.29. The first-order valence-corrected chi connectivity index (χ1v) is 10.8. The Balaban J connectivity index is 2.10. The first-order chi connectivity index (χ1) is 17.4. The van der Waals surface area contributed by atoms with E-state index in [0.29, 0.717) is 12.1 Å². The molecule has 4 nitrogen and oxygen atoms in total. The molecule has 0 aliphatic heterocycles. The zero-order chi connectivity index (χ0) is 28.8. The average molecular weight is 544 g/mol. The number of benzene rings is 3. The quantitative estimate of drug-likeness (QED) is 0.360. The Labute approximate surface area is 211 Å². The van der Waals surface area contributed by atoms with Crippen molar-refractivity contribution >= 4 is 17.5 Å². The second-order valence-electron chi connectivity index (χ2n) is 8.55. The largest absolute Gasteiger partial charge is 0.435 e. The van der Waals surface area contributed by atoms with Crippen LogP contribution in [0, 0.1) is 19.7 Å². The van der Waals surface area contributed by atoms with Crippen LogP contribution >= 0.6 is 0 Å². The highest BCUT2D eigenvalue weighted by Crippen LogP contribution is 2.54. The Hall–Kier alpha value is -3.96. The Morgan fingerprint density at radius 2 is 1.24 bits per heavy atom. The lowest BCUT2D eigenvalue weighted by atomic mass is 9.90. The van der Waals surface area contributed by atoms with E-state index >= 15 is 4.39 Å². The molecule has 0 saturated carbocycles. The predicted molar refractivity (Wildman–Crippen MR) is 124 cm³/mol. The standard InChI is InChI=1S/C26H20F8N2O2/c1-13-11-15(24(28,25(29,30)31)26(32,33)34)12-14(2)21(13)36(3)23(38)19-10-6-9-17(20(19)27)16-7-4-5-8-18(16)22(35)37/h4-12H,1-3H3,(H2,35,37). The summed E-state index contributed by atoms with van der Waals surface area (Å²) in [6, 6.07) is 10.2. The molecule has 0 bridgehead atoms. The minimum absolute atomic E-state index is 0.0179. The van der Waals surface area contributed by atoms with Gasteiger partial charge < -0.3 is 10.6 Å². The number of halogens is 8. The number of hydrogen-bond acceptors (Lipinski definition) is 2. The predicted octanol–water partition coefficient (Wildman–Crippen LogP) is 6.77. The van der Waals surface area contributed by atoms with Gasteiger partial charge in [0.15, 0.2) is 0 Å². The molecule has 2 amide bonds.